The maximum absolute atomic E-state index is 12.9. The lowest BCUT2D eigenvalue weighted by Crippen LogP contribution is -2.25. The molecule has 0 fully saturated rings. The lowest BCUT2D eigenvalue weighted by atomic mass is 9.95. The third kappa shape index (κ3) is 9.55. The third-order valence-electron chi connectivity index (χ3n) is 3.87. The molecule has 0 saturated heterocycles. The predicted molar refractivity (Wildman–Crippen MR) is 127 cm³/mol. The number of hydrogen-bond donors (Lipinski definition) is 2. The second-order valence-corrected chi connectivity index (χ2v) is 9.28. The molecule has 27 heavy (non-hydrogen) atoms. The van der Waals surface area contributed by atoms with Gasteiger partial charge in [-0.1, -0.05) is 57.8 Å². The van der Waals surface area contributed by atoms with Crippen molar-refractivity contribution in [2.75, 3.05) is 6.54 Å². The van der Waals surface area contributed by atoms with Crippen molar-refractivity contribution in [3.05, 3.63) is 57.8 Å². The van der Waals surface area contributed by atoms with E-state index in [0.717, 1.165) is 15.6 Å². The highest BCUT2D eigenvalue weighted by atomic mass is 127. The topological polar surface area (TPSA) is 58.2 Å². The Morgan fingerprint density at radius 3 is 2.26 bits per heavy atom. The molecule has 2 N–H and O–H groups in total. The molecule has 0 bridgehead atoms. The lowest BCUT2D eigenvalue weighted by Gasteiger charge is -2.16. The largest absolute Gasteiger partial charge is 0.374 e. The van der Waals surface area contributed by atoms with Gasteiger partial charge in [-0.25, -0.2) is 0 Å². The monoisotopic (exact) mass is 548 g/mol. The van der Waals surface area contributed by atoms with E-state index >= 15 is 0 Å². The van der Waals surface area contributed by atoms with Crippen LogP contribution in [0.3, 0.4) is 0 Å². The van der Waals surface area contributed by atoms with Crippen molar-refractivity contribution >= 4 is 50.2 Å². The van der Waals surface area contributed by atoms with E-state index in [1.54, 1.807) is 12.2 Å². The van der Waals surface area contributed by atoms with Gasteiger partial charge >= 0.3 is 0 Å². The average Bonchev–Trinajstić information content (AvgIpc) is 2.58. The number of Topliss-reactive ketones (excluding diaryl/α,β-unsaturated/α-hetero) is 1. The number of allylic oxidation sites excluding steroid dienone is 6. The number of amides is 1. The Hall–Kier alpha value is -1.15. The van der Waals surface area contributed by atoms with Crippen molar-refractivity contribution in [2.24, 2.45) is 0 Å². The van der Waals surface area contributed by atoms with E-state index in [2.05, 4.69) is 62.3 Å². The summed E-state index contributed by atoms with van der Waals surface area (Å²) < 4.78 is 1.04. The third-order valence-corrected chi connectivity index (χ3v) is 4.41. The molecule has 0 aromatic carbocycles. The van der Waals surface area contributed by atoms with Crippen LogP contribution in [-0.2, 0) is 9.59 Å². The Kier molecular flexibility index (Phi) is 12.5. The van der Waals surface area contributed by atoms with E-state index < -0.39 is 0 Å². The molecular weight excluding hydrogens is 519 g/mol. The maximum atomic E-state index is 12.9. The van der Waals surface area contributed by atoms with Crippen LogP contribution in [0.15, 0.2) is 57.8 Å². The molecule has 0 aliphatic heterocycles. The highest BCUT2D eigenvalue weighted by Gasteiger charge is 2.17. The number of hydrogen-bond acceptors (Lipinski definition) is 3. The number of carbonyl (C=O) groups is 2. The van der Waals surface area contributed by atoms with Crippen molar-refractivity contribution in [1.29, 1.82) is 0 Å². The van der Waals surface area contributed by atoms with E-state index in [-0.39, 0.29) is 22.2 Å². The predicted octanol–water partition coefficient (Wildman–Crippen LogP) is 5.47. The minimum absolute atomic E-state index is 0.0333. The second kappa shape index (κ2) is 13.1. The van der Waals surface area contributed by atoms with Gasteiger partial charge in [-0.2, -0.15) is 0 Å². The number of halogens is 2. The van der Waals surface area contributed by atoms with Gasteiger partial charge in [0.25, 0.3) is 0 Å². The van der Waals surface area contributed by atoms with Crippen molar-refractivity contribution in [2.45, 2.75) is 51.5 Å². The Morgan fingerprint density at radius 2 is 1.81 bits per heavy atom. The highest BCUT2D eigenvalue weighted by Crippen LogP contribution is 2.22. The lowest BCUT2D eigenvalue weighted by molar-refractivity contribution is -0.117. The van der Waals surface area contributed by atoms with Crippen LogP contribution in [0, 0.1) is 0 Å². The quantitative estimate of drug-likeness (QED) is 0.118. The summed E-state index contributed by atoms with van der Waals surface area (Å²) in [4.78, 5) is 25.2. The van der Waals surface area contributed by atoms with E-state index in [1.807, 2.05) is 34.6 Å². The van der Waals surface area contributed by atoms with Gasteiger partial charge < -0.3 is 10.6 Å². The van der Waals surface area contributed by atoms with Crippen LogP contribution < -0.4 is 10.6 Å². The van der Waals surface area contributed by atoms with Crippen molar-refractivity contribution in [3.63, 3.8) is 0 Å². The van der Waals surface area contributed by atoms with Gasteiger partial charge in [0, 0.05) is 29.8 Å². The van der Waals surface area contributed by atoms with Gasteiger partial charge in [-0.05, 0) is 62.7 Å². The number of alkyl halides is 1. The first-order valence-electron chi connectivity index (χ1n) is 8.83. The zero-order valence-electron chi connectivity index (χ0n) is 16.8. The van der Waals surface area contributed by atoms with E-state index in [0.29, 0.717) is 29.8 Å². The summed E-state index contributed by atoms with van der Waals surface area (Å²) in [5.74, 6) is -0.184. The molecule has 0 spiro atoms. The second-order valence-electron chi connectivity index (χ2n) is 6.16. The number of likely N-dealkylation sites (N-methyl/N-ethyl adjacent to an activating group) is 1. The molecule has 0 aliphatic rings. The van der Waals surface area contributed by atoms with Gasteiger partial charge in [-0.15, -0.1) is 0 Å². The number of carbonyl (C=O) groups excluding carboxylic acids is 2. The molecule has 0 radical (unpaired) electrons. The van der Waals surface area contributed by atoms with Crippen molar-refractivity contribution in [3.8, 4) is 0 Å². The molecule has 4 nitrogen and oxygen atoms in total. The minimum atomic E-state index is -0.151. The molecule has 0 saturated carbocycles. The molecule has 1 unspecified atom stereocenters. The summed E-state index contributed by atoms with van der Waals surface area (Å²) in [6.45, 7) is 17.8. The molecular formula is C21H30BrIN2O2. The Bertz CT molecular complexity index is 684. The molecule has 6 heteroatoms. The van der Waals surface area contributed by atoms with Gasteiger partial charge in [0.05, 0.1) is 4.05 Å². The molecule has 1 amide bonds. The fourth-order valence-corrected chi connectivity index (χ4v) is 2.97. The zero-order chi connectivity index (χ0) is 21.1. The van der Waals surface area contributed by atoms with E-state index in [4.69, 9.17) is 0 Å². The van der Waals surface area contributed by atoms with Crippen LogP contribution in [0.4, 0.5) is 0 Å². The highest BCUT2D eigenvalue weighted by molar-refractivity contribution is 14.1. The summed E-state index contributed by atoms with van der Waals surface area (Å²) in [7, 11) is 0. The van der Waals surface area contributed by atoms with Crippen molar-refractivity contribution < 1.29 is 9.59 Å². The SMILES string of the molecule is C=C/C(C)=C(/CCC(=O)C(/C=C(\C)Br)=C(\C)C(=C)NC(C)I)C(=O)NCC. The van der Waals surface area contributed by atoms with Crippen molar-refractivity contribution in [1.82, 2.24) is 10.6 Å². The smallest absolute Gasteiger partial charge is 0.247 e. The fourth-order valence-electron chi connectivity index (χ4n) is 2.36. The zero-order valence-corrected chi connectivity index (χ0v) is 20.6. The number of ketones is 1. The summed E-state index contributed by atoms with van der Waals surface area (Å²) in [5, 5.41) is 6.03. The van der Waals surface area contributed by atoms with Crippen LogP contribution in [-0.4, -0.2) is 22.3 Å². The normalized spacial score (nSPS) is 14.6. The van der Waals surface area contributed by atoms with Gasteiger partial charge in [0.15, 0.2) is 5.78 Å². The van der Waals surface area contributed by atoms with Gasteiger partial charge in [0.1, 0.15) is 0 Å². The summed E-state index contributed by atoms with van der Waals surface area (Å²) in [5.41, 5.74) is 3.48. The van der Waals surface area contributed by atoms with Crippen LogP contribution in [0.5, 0.6) is 0 Å². The Balaban J connectivity index is 5.66. The molecule has 150 valence electrons. The first-order valence-corrected chi connectivity index (χ1v) is 10.9. The van der Waals surface area contributed by atoms with Crippen LogP contribution >= 0.6 is 38.5 Å². The minimum Gasteiger partial charge on any atom is -0.374 e. The van der Waals surface area contributed by atoms with Gasteiger partial charge in [-0.3, -0.25) is 9.59 Å². The first kappa shape index (κ1) is 25.9. The Morgan fingerprint density at radius 1 is 1.22 bits per heavy atom. The van der Waals surface area contributed by atoms with E-state index in [9.17, 15) is 9.59 Å². The summed E-state index contributed by atoms with van der Waals surface area (Å²) in [6.07, 6.45) is 4.04. The van der Waals surface area contributed by atoms with Crippen LogP contribution in [0.1, 0.15) is 47.5 Å². The molecule has 1 atom stereocenters. The molecule has 0 aromatic heterocycles. The number of nitrogens with one attached hydrogen (secondary N) is 2. The summed E-state index contributed by atoms with van der Waals surface area (Å²) in [6, 6.07) is 0. The standard InChI is InChI=1S/C21H30BrIN2O2/c1-8-13(3)18(21(27)24-9-2)10-11-20(26)19(12-14(4)22)15(5)16(6)25-17(7)23/h8,12,17,25H,1,6,9-11H2,2-5,7H3,(H,24,27)/b14-12+,18-13-,19-15+. The first-order chi connectivity index (χ1) is 12.5. The van der Waals surface area contributed by atoms with E-state index in [1.165, 1.54) is 0 Å². The maximum Gasteiger partial charge on any atom is 0.247 e. The Labute approximate surface area is 185 Å². The molecule has 0 aromatic rings. The summed E-state index contributed by atoms with van der Waals surface area (Å²) >= 11 is 5.65. The average molecular weight is 549 g/mol. The molecule has 0 heterocycles. The number of rotatable bonds is 11. The molecule has 0 rings (SSSR count). The molecule has 0 aliphatic carbocycles. The van der Waals surface area contributed by atoms with Crippen LogP contribution in [0.2, 0.25) is 0 Å². The van der Waals surface area contributed by atoms with Gasteiger partial charge in [0.2, 0.25) is 5.91 Å². The fraction of sp³-hybridized carbons (Fsp3) is 0.429. The van der Waals surface area contributed by atoms with Crippen LogP contribution in [0.25, 0.3) is 0 Å².